The number of nitrogens with one attached hydrogen (secondary N) is 1. The molecule has 0 aromatic heterocycles. The second-order valence-electron chi connectivity index (χ2n) is 7.32. The number of hydrogen-bond acceptors (Lipinski definition) is 3. The summed E-state index contributed by atoms with van der Waals surface area (Å²) >= 11 is 5.33. The van der Waals surface area contributed by atoms with E-state index in [2.05, 4.69) is 33.4 Å². The van der Waals surface area contributed by atoms with Crippen LogP contribution in [0.25, 0.3) is 0 Å². The first kappa shape index (κ1) is 21.9. The molecule has 4 nitrogen and oxygen atoms in total. The van der Waals surface area contributed by atoms with Gasteiger partial charge in [0.2, 0.25) is 5.91 Å². The first-order chi connectivity index (χ1) is 14.0. The maximum atomic E-state index is 12.6. The lowest BCUT2D eigenvalue weighted by Gasteiger charge is -2.26. The van der Waals surface area contributed by atoms with Gasteiger partial charge in [0.15, 0.2) is 0 Å². The van der Waals surface area contributed by atoms with Crippen molar-refractivity contribution < 1.29 is 9.59 Å². The lowest BCUT2D eigenvalue weighted by atomic mass is 10.1. The number of rotatable bonds is 7. The molecule has 1 N–H and O–H groups in total. The monoisotopic (exact) mass is 474 g/mol. The average Bonchev–Trinajstić information content (AvgIpc) is 2.74. The van der Waals surface area contributed by atoms with E-state index >= 15 is 0 Å². The van der Waals surface area contributed by atoms with Crippen molar-refractivity contribution in [2.45, 2.75) is 32.6 Å². The first-order valence-corrected chi connectivity index (χ1v) is 12.0. The molecular formula is C23H27BrN2O2S. The highest BCUT2D eigenvalue weighted by molar-refractivity contribution is 9.10. The molecule has 29 heavy (non-hydrogen) atoms. The smallest absolute Gasteiger partial charge is 0.253 e. The van der Waals surface area contributed by atoms with Crippen molar-refractivity contribution in [3.63, 3.8) is 0 Å². The minimum atomic E-state index is 0.0241. The molecule has 0 aliphatic carbocycles. The molecule has 2 aromatic rings. The summed E-state index contributed by atoms with van der Waals surface area (Å²) in [7, 11) is 0. The molecule has 2 aromatic carbocycles. The van der Waals surface area contributed by atoms with Crippen LogP contribution in [0.15, 0.2) is 46.9 Å². The van der Waals surface area contributed by atoms with Gasteiger partial charge in [0.25, 0.3) is 5.91 Å². The van der Waals surface area contributed by atoms with Crippen LogP contribution in [0.1, 0.15) is 40.7 Å². The molecule has 1 saturated heterocycles. The number of anilines is 1. The van der Waals surface area contributed by atoms with Gasteiger partial charge in [-0.05, 0) is 67.6 Å². The largest absolute Gasteiger partial charge is 0.337 e. The van der Waals surface area contributed by atoms with Crippen LogP contribution in [-0.4, -0.2) is 41.3 Å². The van der Waals surface area contributed by atoms with Crippen molar-refractivity contribution in [3.05, 3.63) is 63.6 Å². The van der Waals surface area contributed by atoms with E-state index in [0.717, 1.165) is 59.6 Å². The Morgan fingerprint density at radius 1 is 1.07 bits per heavy atom. The van der Waals surface area contributed by atoms with Gasteiger partial charge in [-0.15, -0.1) is 0 Å². The lowest BCUT2D eigenvalue weighted by Crippen LogP contribution is -2.37. The Bertz CT molecular complexity index is 848. The fraction of sp³-hybridized carbons (Fsp3) is 0.391. The summed E-state index contributed by atoms with van der Waals surface area (Å²) in [5, 5.41) is 2.99. The number of halogens is 1. The molecular weight excluding hydrogens is 448 g/mol. The molecule has 154 valence electrons. The standard InChI is InChI=1S/C23H27BrN2O2S/c1-17-16-19(23(28)26-12-14-29-15-13-26)8-11-21(17)25-22(27)5-3-2-4-18-6-9-20(24)10-7-18/h6-11,16H,2-5,12-15H2,1H3,(H,25,27). The Morgan fingerprint density at radius 2 is 1.79 bits per heavy atom. The molecule has 0 atom stereocenters. The predicted octanol–water partition coefficient (Wildman–Crippen LogP) is 5.30. The van der Waals surface area contributed by atoms with Gasteiger partial charge >= 0.3 is 0 Å². The highest BCUT2D eigenvalue weighted by Gasteiger charge is 2.19. The Kier molecular flexibility index (Phi) is 8.19. The molecule has 1 fully saturated rings. The Balaban J connectivity index is 1.46. The summed E-state index contributed by atoms with van der Waals surface area (Å²) in [6, 6.07) is 13.9. The van der Waals surface area contributed by atoms with Crippen LogP contribution in [0, 0.1) is 6.92 Å². The lowest BCUT2D eigenvalue weighted by molar-refractivity contribution is -0.116. The van der Waals surface area contributed by atoms with Crippen LogP contribution in [0.5, 0.6) is 0 Å². The Labute approximate surface area is 185 Å². The molecule has 1 aliphatic rings. The summed E-state index contributed by atoms with van der Waals surface area (Å²) in [4.78, 5) is 26.8. The SMILES string of the molecule is Cc1cc(C(=O)N2CCSCC2)ccc1NC(=O)CCCCc1ccc(Br)cc1. The van der Waals surface area contributed by atoms with Gasteiger partial charge in [0.1, 0.15) is 0 Å². The minimum Gasteiger partial charge on any atom is -0.337 e. The molecule has 3 rings (SSSR count). The van der Waals surface area contributed by atoms with Crippen LogP contribution in [0.2, 0.25) is 0 Å². The molecule has 0 spiro atoms. The molecule has 1 aliphatic heterocycles. The number of hydrogen-bond donors (Lipinski definition) is 1. The fourth-order valence-corrected chi connectivity index (χ4v) is 4.53. The van der Waals surface area contributed by atoms with Gasteiger partial charge in [-0.1, -0.05) is 28.1 Å². The van der Waals surface area contributed by atoms with E-state index in [1.165, 1.54) is 5.56 Å². The second kappa shape index (κ2) is 10.8. The Morgan fingerprint density at radius 3 is 2.48 bits per heavy atom. The number of benzene rings is 2. The molecule has 2 amide bonds. The second-order valence-corrected chi connectivity index (χ2v) is 9.46. The van der Waals surface area contributed by atoms with Crippen LogP contribution in [0.3, 0.4) is 0 Å². The van der Waals surface area contributed by atoms with E-state index in [1.54, 1.807) is 0 Å². The summed E-state index contributed by atoms with van der Waals surface area (Å²) in [5.41, 5.74) is 3.69. The first-order valence-electron chi connectivity index (χ1n) is 10.0. The van der Waals surface area contributed by atoms with Gasteiger partial charge in [0, 0.05) is 46.7 Å². The van der Waals surface area contributed by atoms with Crippen molar-refractivity contribution in [2.24, 2.45) is 0 Å². The van der Waals surface area contributed by atoms with Crippen molar-refractivity contribution in [1.29, 1.82) is 0 Å². The number of carbonyl (C=O) groups is 2. The third kappa shape index (κ3) is 6.61. The quantitative estimate of drug-likeness (QED) is 0.553. The van der Waals surface area contributed by atoms with E-state index in [9.17, 15) is 9.59 Å². The number of aryl methyl sites for hydroxylation is 2. The highest BCUT2D eigenvalue weighted by Crippen LogP contribution is 2.20. The summed E-state index contributed by atoms with van der Waals surface area (Å²) in [6.07, 6.45) is 3.31. The average molecular weight is 475 g/mol. The zero-order valence-electron chi connectivity index (χ0n) is 16.7. The number of nitrogens with zero attached hydrogens (tertiary/aromatic N) is 1. The van der Waals surface area contributed by atoms with E-state index in [4.69, 9.17) is 0 Å². The normalized spacial score (nSPS) is 13.9. The minimum absolute atomic E-state index is 0.0241. The molecule has 0 radical (unpaired) electrons. The van der Waals surface area contributed by atoms with Crippen molar-refractivity contribution >= 4 is 45.2 Å². The molecule has 1 heterocycles. The van der Waals surface area contributed by atoms with Crippen LogP contribution in [-0.2, 0) is 11.2 Å². The molecule has 0 bridgehead atoms. The van der Waals surface area contributed by atoms with E-state index in [-0.39, 0.29) is 11.8 Å². The number of unbranched alkanes of at least 4 members (excludes halogenated alkanes) is 1. The zero-order valence-corrected chi connectivity index (χ0v) is 19.2. The van der Waals surface area contributed by atoms with Gasteiger partial charge in [-0.3, -0.25) is 9.59 Å². The molecule has 6 heteroatoms. The zero-order chi connectivity index (χ0) is 20.6. The maximum absolute atomic E-state index is 12.6. The van der Waals surface area contributed by atoms with E-state index in [0.29, 0.717) is 12.0 Å². The van der Waals surface area contributed by atoms with Gasteiger partial charge < -0.3 is 10.2 Å². The molecule has 0 unspecified atom stereocenters. The van der Waals surface area contributed by atoms with Crippen molar-refractivity contribution in [1.82, 2.24) is 4.90 Å². The highest BCUT2D eigenvalue weighted by atomic mass is 79.9. The summed E-state index contributed by atoms with van der Waals surface area (Å²) < 4.78 is 1.08. The van der Waals surface area contributed by atoms with Crippen molar-refractivity contribution in [3.8, 4) is 0 Å². The number of amides is 2. The summed E-state index contributed by atoms with van der Waals surface area (Å²) in [6.45, 7) is 3.55. The number of thioether (sulfide) groups is 1. The molecule has 0 saturated carbocycles. The summed E-state index contributed by atoms with van der Waals surface area (Å²) in [5.74, 6) is 2.11. The predicted molar refractivity (Wildman–Crippen MR) is 125 cm³/mol. The maximum Gasteiger partial charge on any atom is 0.253 e. The van der Waals surface area contributed by atoms with Crippen LogP contribution in [0.4, 0.5) is 5.69 Å². The topological polar surface area (TPSA) is 49.4 Å². The Hall–Kier alpha value is -1.79. The van der Waals surface area contributed by atoms with Gasteiger partial charge in [-0.2, -0.15) is 11.8 Å². The van der Waals surface area contributed by atoms with Crippen molar-refractivity contribution in [2.75, 3.05) is 29.9 Å². The van der Waals surface area contributed by atoms with Crippen LogP contribution < -0.4 is 5.32 Å². The van der Waals surface area contributed by atoms with Crippen LogP contribution >= 0.6 is 27.7 Å². The van der Waals surface area contributed by atoms with Gasteiger partial charge in [-0.25, -0.2) is 0 Å². The van der Waals surface area contributed by atoms with Gasteiger partial charge in [0.05, 0.1) is 0 Å². The van der Waals surface area contributed by atoms with E-state index in [1.807, 2.05) is 53.9 Å². The third-order valence-corrected chi connectivity index (χ3v) is 6.55. The third-order valence-electron chi connectivity index (χ3n) is 5.08. The van der Waals surface area contributed by atoms with E-state index < -0.39 is 0 Å². The fourth-order valence-electron chi connectivity index (χ4n) is 3.36. The number of carbonyl (C=O) groups excluding carboxylic acids is 2.